The van der Waals surface area contributed by atoms with E-state index >= 15 is 0 Å². The lowest BCUT2D eigenvalue weighted by Gasteiger charge is -2.18. The summed E-state index contributed by atoms with van der Waals surface area (Å²) in [7, 11) is 0. The number of rotatable bonds is 5. The molecule has 0 spiro atoms. The topological polar surface area (TPSA) is 73.0 Å². The number of nitrogens with zero attached hydrogens (tertiary/aromatic N) is 3. The van der Waals surface area contributed by atoms with E-state index in [1.165, 1.54) is 6.20 Å². The number of nitrogens with one attached hydrogen (secondary N) is 1. The third-order valence-electron chi connectivity index (χ3n) is 3.66. The molecule has 0 aliphatic carbocycles. The van der Waals surface area contributed by atoms with Crippen LogP contribution in [0.4, 0.5) is 0 Å². The van der Waals surface area contributed by atoms with E-state index < -0.39 is 0 Å². The summed E-state index contributed by atoms with van der Waals surface area (Å²) in [6.07, 6.45) is 1.44. The first kappa shape index (κ1) is 15.5. The first-order valence-corrected chi connectivity index (χ1v) is 8.20. The van der Waals surface area contributed by atoms with Gasteiger partial charge in [-0.25, -0.2) is 0 Å². The van der Waals surface area contributed by atoms with E-state index in [0.717, 1.165) is 16.3 Å². The Balaban J connectivity index is 1.82. The van der Waals surface area contributed by atoms with E-state index in [4.69, 9.17) is 4.52 Å². The number of hydrogen-bond donors (Lipinski definition) is 1. The van der Waals surface area contributed by atoms with E-state index in [1.807, 2.05) is 36.0 Å². The lowest BCUT2D eigenvalue weighted by Crippen LogP contribution is -2.32. The third kappa shape index (κ3) is 3.19. The fourth-order valence-electron chi connectivity index (χ4n) is 2.55. The predicted octanol–water partition coefficient (Wildman–Crippen LogP) is 2.88. The lowest BCUT2D eigenvalue weighted by molar-refractivity contribution is 0.0947. The number of hydrogen-bond acceptors (Lipinski definition) is 5. The molecule has 0 aliphatic heterocycles. The van der Waals surface area contributed by atoms with Crippen LogP contribution in [0, 0.1) is 20.8 Å². The first-order chi connectivity index (χ1) is 11.1. The molecule has 0 aliphatic rings. The van der Waals surface area contributed by atoms with E-state index in [0.29, 0.717) is 17.9 Å². The summed E-state index contributed by atoms with van der Waals surface area (Å²) in [6.45, 7) is 6.16. The molecular formula is C16H18N4O2S. The van der Waals surface area contributed by atoms with Gasteiger partial charge in [-0.1, -0.05) is 11.2 Å². The van der Waals surface area contributed by atoms with Crippen molar-refractivity contribution in [3.05, 3.63) is 57.4 Å². The van der Waals surface area contributed by atoms with Crippen molar-refractivity contribution in [1.29, 1.82) is 0 Å². The van der Waals surface area contributed by atoms with E-state index in [2.05, 4.69) is 21.6 Å². The van der Waals surface area contributed by atoms with Crippen molar-refractivity contribution in [2.75, 3.05) is 6.54 Å². The number of carbonyl (C=O) groups is 1. The molecule has 120 valence electrons. The fourth-order valence-corrected chi connectivity index (χ4v) is 3.36. The highest BCUT2D eigenvalue weighted by molar-refractivity contribution is 7.10. The average molecular weight is 330 g/mol. The van der Waals surface area contributed by atoms with E-state index in [9.17, 15) is 4.79 Å². The minimum Gasteiger partial charge on any atom is -0.361 e. The second-order valence-corrected chi connectivity index (χ2v) is 6.39. The average Bonchev–Trinajstić information content (AvgIpc) is 3.22. The highest BCUT2D eigenvalue weighted by atomic mass is 32.1. The summed E-state index contributed by atoms with van der Waals surface area (Å²) in [5.41, 5.74) is 2.49. The van der Waals surface area contributed by atoms with Crippen molar-refractivity contribution in [2.45, 2.75) is 26.8 Å². The van der Waals surface area contributed by atoms with E-state index in [1.54, 1.807) is 18.3 Å². The molecule has 23 heavy (non-hydrogen) atoms. The monoisotopic (exact) mass is 330 g/mol. The fraction of sp³-hybridized carbons (Fsp3) is 0.312. The second kappa shape index (κ2) is 6.37. The number of thiophene rings is 1. The molecule has 3 rings (SSSR count). The molecule has 0 aromatic carbocycles. The Morgan fingerprint density at radius 3 is 2.83 bits per heavy atom. The summed E-state index contributed by atoms with van der Waals surface area (Å²) < 4.78 is 6.91. The summed E-state index contributed by atoms with van der Waals surface area (Å²) >= 11 is 1.65. The third-order valence-corrected chi connectivity index (χ3v) is 4.64. The molecular weight excluding hydrogens is 312 g/mol. The zero-order chi connectivity index (χ0) is 16.4. The van der Waals surface area contributed by atoms with Crippen LogP contribution in [0.15, 0.2) is 34.3 Å². The van der Waals surface area contributed by atoms with E-state index in [-0.39, 0.29) is 11.9 Å². The Morgan fingerprint density at radius 2 is 2.26 bits per heavy atom. The molecule has 0 fully saturated rings. The maximum atomic E-state index is 12.3. The number of carbonyl (C=O) groups excluding carboxylic acids is 1. The van der Waals surface area contributed by atoms with Gasteiger partial charge >= 0.3 is 0 Å². The Morgan fingerprint density at radius 1 is 1.43 bits per heavy atom. The highest BCUT2D eigenvalue weighted by Gasteiger charge is 2.20. The Bertz CT molecular complexity index is 804. The van der Waals surface area contributed by atoms with Crippen molar-refractivity contribution >= 4 is 17.2 Å². The summed E-state index contributed by atoms with van der Waals surface area (Å²) in [5.74, 6) is 0.327. The van der Waals surface area contributed by atoms with Gasteiger partial charge in [0.2, 0.25) is 0 Å². The summed E-state index contributed by atoms with van der Waals surface area (Å²) in [6, 6.07) is 6.06. The van der Waals surface area contributed by atoms with Gasteiger partial charge in [-0.05, 0) is 38.3 Å². The van der Waals surface area contributed by atoms with Crippen molar-refractivity contribution in [1.82, 2.24) is 20.3 Å². The van der Waals surface area contributed by atoms with Gasteiger partial charge in [0.1, 0.15) is 17.4 Å². The van der Waals surface area contributed by atoms with Gasteiger partial charge in [0.25, 0.3) is 5.91 Å². The predicted molar refractivity (Wildman–Crippen MR) is 87.7 cm³/mol. The number of aromatic nitrogens is 3. The first-order valence-electron chi connectivity index (χ1n) is 7.32. The van der Waals surface area contributed by atoms with Gasteiger partial charge in [0, 0.05) is 17.1 Å². The molecule has 0 bridgehead atoms. The van der Waals surface area contributed by atoms with Crippen LogP contribution in [0.5, 0.6) is 0 Å². The van der Waals surface area contributed by atoms with Gasteiger partial charge in [-0.3, -0.25) is 9.48 Å². The van der Waals surface area contributed by atoms with Crippen LogP contribution < -0.4 is 5.32 Å². The molecule has 6 nitrogen and oxygen atoms in total. The molecule has 3 aromatic rings. The van der Waals surface area contributed by atoms with Gasteiger partial charge in [0.15, 0.2) is 0 Å². The van der Waals surface area contributed by atoms with Crippen LogP contribution >= 0.6 is 11.3 Å². The maximum absolute atomic E-state index is 12.3. The van der Waals surface area contributed by atoms with Crippen LogP contribution in [0.1, 0.15) is 38.4 Å². The van der Waals surface area contributed by atoms with Crippen LogP contribution in [0.25, 0.3) is 0 Å². The molecule has 0 saturated heterocycles. The molecule has 1 unspecified atom stereocenters. The largest absolute Gasteiger partial charge is 0.361 e. The minimum atomic E-state index is -0.188. The number of amides is 1. The maximum Gasteiger partial charge on any atom is 0.256 e. The quantitative estimate of drug-likeness (QED) is 0.781. The standard InChI is InChI=1S/C16H18N4O2S/c1-10-7-11(2)20(19-10)14(15-5-4-6-23-15)9-17-16(21)13-8-18-22-12(13)3/h4-8,14H,9H2,1-3H3,(H,17,21). The molecule has 1 amide bonds. The summed E-state index contributed by atoms with van der Waals surface area (Å²) in [4.78, 5) is 13.4. The SMILES string of the molecule is Cc1cc(C)n(C(CNC(=O)c2cnoc2C)c2cccs2)n1. The normalized spacial score (nSPS) is 12.3. The van der Waals surface area contributed by atoms with Crippen molar-refractivity contribution < 1.29 is 9.32 Å². The molecule has 1 atom stereocenters. The zero-order valence-corrected chi connectivity index (χ0v) is 14.1. The van der Waals surface area contributed by atoms with Gasteiger partial charge < -0.3 is 9.84 Å². The molecule has 7 heteroatoms. The second-order valence-electron chi connectivity index (χ2n) is 5.41. The van der Waals surface area contributed by atoms with Crippen molar-refractivity contribution in [3.8, 4) is 0 Å². The Kier molecular flexibility index (Phi) is 4.29. The zero-order valence-electron chi connectivity index (χ0n) is 13.2. The Labute approximate surface area is 138 Å². The van der Waals surface area contributed by atoms with Crippen LogP contribution in [-0.4, -0.2) is 27.4 Å². The van der Waals surface area contributed by atoms with Crippen LogP contribution in [-0.2, 0) is 0 Å². The molecule has 3 aromatic heterocycles. The lowest BCUT2D eigenvalue weighted by atomic mass is 10.2. The molecule has 0 saturated carbocycles. The van der Waals surface area contributed by atoms with Gasteiger partial charge in [-0.15, -0.1) is 11.3 Å². The van der Waals surface area contributed by atoms with Crippen molar-refractivity contribution in [3.63, 3.8) is 0 Å². The molecule has 0 radical (unpaired) electrons. The smallest absolute Gasteiger partial charge is 0.256 e. The van der Waals surface area contributed by atoms with Crippen molar-refractivity contribution in [2.24, 2.45) is 0 Å². The molecule has 3 heterocycles. The number of aryl methyl sites for hydroxylation is 3. The van der Waals surface area contributed by atoms with Gasteiger partial charge in [0.05, 0.1) is 11.9 Å². The highest BCUT2D eigenvalue weighted by Crippen LogP contribution is 2.24. The minimum absolute atomic E-state index is 0.0344. The Hall–Kier alpha value is -2.41. The van der Waals surface area contributed by atoms with Crippen LogP contribution in [0.3, 0.4) is 0 Å². The van der Waals surface area contributed by atoms with Gasteiger partial charge in [-0.2, -0.15) is 5.10 Å². The molecule has 1 N–H and O–H groups in total. The summed E-state index contributed by atoms with van der Waals surface area (Å²) in [5, 5.41) is 13.2. The van der Waals surface area contributed by atoms with Crippen LogP contribution in [0.2, 0.25) is 0 Å².